The Hall–Kier alpha value is -1.43. The molecule has 0 radical (unpaired) electrons. The van der Waals surface area contributed by atoms with Crippen molar-refractivity contribution in [3.05, 3.63) is 11.7 Å². The molecule has 18 heavy (non-hydrogen) atoms. The normalized spacial score (nSPS) is 11.6. The second-order valence-corrected chi connectivity index (χ2v) is 3.96. The summed E-state index contributed by atoms with van der Waals surface area (Å²) in [5, 5.41) is 3.79. The van der Waals surface area contributed by atoms with E-state index in [-0.39, 0.29) is 12.6 Å². The highest BCUT2D eigenvalue weighted by Gasteiger charge is 2.43. The van der Waals surface area contributed by atoms with Crippen molar-refractivity contribution in [2.24, 2.45) is 0 Å². The van der Waals surface area contributed by atoms with Gasteiger partial charge >= 0.3 is 5.97 Å². The molecule has 0 aromatic carbocycles. The van der Waals surface area contributed by atoms with Crippen LogP contribution in [0.4, 0.5) is 0 Å². The zero-order valence-electron chi connectivity index (χ0n) is 11.4. The molecule has 0 bridgehead atoms. The van der Waals surface area contributed by atoms with E-state index in [1.807, 2.05) is 13.8 Å². The van der Waals surface area contributed by atoms with Crippen LogP contribution in [0.5, 0.6) is 0 Å². The average molecular weight is 256 g/mol. The van der Waals surface area contributed by atoms with E-state index in [0.717, 1.165) is 0 Å². The molecular formula is C12H20N2O4. The molecule has 0 aliphatic heterocycles. The molecule has 1 aromatic heterocycles. The van der Waals surface area contributed by atoms with Gasteiger partial charge in [0.1, 0.15) is 12.0 Å². The summed E-state index contributed by atoms with van der Waals surface area (Å²) in [6, 6.07) is 0. The Morgan fingerprint density at radius 1 is 1.33 bits per heavy atom. The van der Waals surface area contributed by atoms with Crippen LogP contribution in [0.15, 0.2) is 4.52 Å². The van der Waals surface area contributed by atoms with Crippen LogP contribution in [0, 0.1) is 0 Å². The van der Waals surface area contributed by atoms with E-state index in [1.165, 1.54) is 0 Å². The molecule has 0 atom stereocenters. The number of hydrogen-bond donors (Lipinski definition) is 0. The number of carbonyl (C=O) groups is 1. The van der Waals surface area contributed by atoms with Gasteiger partial charge in [-0.2, -0.15) is 4.98 Å². The highest BCUT2D eigenvalue weighted by molar-refractivity contribution is 5.81. The van der Waals surface area contributed by atoms with E-state index in [2.05, 4.69) is 10.1 Å². The molecule has 0 aliphatic rings. The lowest BCUT2D eigenvalue weighted by atomic mass is 9.82. The lowest BCUT2D eigenvalue weighted by Gasteiger charge is -2.24. The van der Waals surface area contributed by atoms with Gasteiger partial charge in [0.15, 0.2) is 5.82 Å². The van der Waals surface area contributed by atoms with Crippen molar-refractivity contribution < 1.29 is 18.8 Å². The number of hydrogen-bond acceptors (Lipinski definition) is 6. The molecule has 1 aromatic rings. The van der Waals surface area contributed by atoms with Gasteiger partial charge in [0.2, 0.25) is 5.89 Å². The van der Waals surface area contributed by atoms with Gasteiger partial charge in [-0.3, -0.25) is 4.79 Å². The molecule has 0 spiro atoms. The Morgan fingerprint density at radius 3 is 2.50 bits per heavy atom. The maximum atomic E-state index is 12.1. The summed E-state index contributed by atoms with van der Waals surface area (Å²) >= 11 is 0. The number of carbonyl (C=O) groups excluding carboxylic acids is 1. The number of esters is 1. The summed E-state index contributed by atoms with van der Waals surface area (Å²) in [6.07, 6.45) is 1.11. The van der Waals surface area contributed by atoms with Crippen LogP contribution in [-0.2, 0) is 26.3 Å². The fourth-order valence-electron chi connectivity index (χ4n) is 1.83. The molecule has 0 unspecified atom stereocenters. The van der Waals surface area contributed by atoms with Gasteiger partial charge in [0.05, 0.1) is 6.61 Å². The van der Waals surface area contributed by atoms with Crippen LogP contribution < -0.4 is 0 Å². The van der Waals surface area contributed by atoms with Crippen LogP contribution in [0.1, 0.15) is 45.3 Å². The highest BCUT2D eigenvalue weighted by atomic mass is 16.5. The first-order valence-electron chi connectivity index (χ1n) is 6.13. The molecule has 0 saturated carbocycles. The molecule has 1 heterocycles. The summed E-state index contributed by atoms with van der Waals surface area (Å²) in [4.78, 5) is 16.3. The first kappa shape index (κ1) is 14.6. The van der Waals surface area contributed by atoms with Crippen molar-refractivity contribution in [2.75, 3.05) is 13.7 Å². The predicted molar refractivity (Wildman–Crippen MR) is 63.9 cm³/mol. The smallest absolute Gasteiger partial charge is 0.321 e. The first-order valence-corrected chi connectivity index (χ1v) is 6.13. The number of nitrogens with zero attached hydrogens (tertiary/aromatic N) is 2. The van der Waals surface area contributed by atoms with Crippen molar-refractivity contribution in [1.29, 1.82) is 0 Å². The zero-order valence-corrected chi connectivity index (χ0v) is 11.4. The Balaban J connectivity index is 3.05. The minimum absolute atomic E-state index is 0.260. The van der Waals surface area contributed by atoms with Gasteiger partial charge in [-0.25, -0.2) is 0 Å². The summed E-state index contributed by atoms with van der Waals surface area (Å²) in [7, 11) is 1.55. The Kier molecular flexibility index (Phi) is 5.27. The predicted octanol–water partition coefficient (Wildman–Crippen LogP) is 1.84. The second-order valence-electron chi connectivity index (χ2n) is 3.96. The Bertz CT molecular complexity index is 385. The summed E-state index contributed by atoms with van der Waals surface area (Å²) in [6.45, 7) is 6.18. The van der Waals surface area contributed by atoms with E-state index in [1.54, 1.807) is 14.0 Å². The van der Waals surface area contributed by atoms with Crippen molar-refractivity contribution >= 4 is 5.97 Å². The van der Waals surface area contributed by atoms with Gasteiger partial charge in [-0.1, -0.05) is 19.0 Å². The third-order valence-corrected chi connectivity index (χ3v) is 3.02. The van der Waals surface area contributed by atoms with Gasteiger partial charge in [-0.05, 0) is 19.8 Å². The van der Waals surface area contributed by atoms with Crippen molar-refractivity contribution in [3.63, 3.8) is 0 Å². The third-order valence-electron chi connectivity index (χ3n) is 3.02. The van der Waals surface area contributed by atoms with Gasteiger partial charge in [0.25, 0.3) is 0 Å². The molecule has 6 nitrogen and oxygen atoms in total. The minimum Gasteiger partial charge on any atom is -0.465 e. The maximum Gasteiger partial charge on any atom is 0.321 e. The van der Waals surface area contributed by atoms with Crippen LogP contribution in [0.3, 0.4) is 0 Å². The second kappa shape index (κ2) is 6.49. The summed E-state index contributed by atoms with van der Waals surface area (Å²) in [5.74, 6) is 0.420. The lowest BCUT2D eigenvalue weighted by molar-refractivity contribution is -0.151. The van der Waals surface area contributed by atoms with E-state index < -0.39 is 5.41 Å². The van der Waals surface area contributed by atoms with Crippen LogP contribution in [-0.4, -0.2) is 29.8 Å². The van der Waals surface area contributed by atoms with Crippen molar-refractivity contribution in [1.82, 2.24) is 10.1 Å². The Labute approximate surface area is 107 Å². The lowest BCUT2D eigenvalue weighted by Crippen LogP contribution is -2.36. The summed E-state index contributed by atoms with van der Waals surface area (Å²) < 4.78 is 15.2. The number of rotatable bonds is 7. The topological polar surface area (TPSA) is 74.5 Å². The largest absolute Gasteiger partial charge is 0.465 e. The van der Waals surface area contributed by atoms with Gasteiger partial charge in [0, 0.05) is 7.11 Å². The van der Waals surface area contributed by atoms with E-state index in [0.29, 0.717) is 31.2 Å². The summed E-state index contributed by atoms with van der Waals surface area (Å²) in [5.41, 5.74) is -0.852. The molecule has 1 rings (SSSR count). The first-order chi connectivity index (χ1) is 8.64. The molecular weight excluding hydrogens is 236 g/mol. The van der Waals surface area contributed by atoms with E-state index >= 15 is 0 Å². The molecule has 102 valence electrons. The molecule has 0 amide bonds. The molecule has 0 aliphatic carbocycles. The number of ether oxygens (including phenoxy) is 2. The molecule has 0 N–H and O–H groups in total. The fourth-order valence-corrected chi connectivity index (χ4v) is 1.83. The SMILES string of the molecule is CCOC(=O)C(CC)(CC)c1nc(COC)no1. The standard InChI is InChI=1S/C12H20N2O4/c1-5-12(6-2,11(15)17-7-3)10-13-9(8-16-4)14-18-10/h5-8H2,1-4H3. The monoisotopic (exact) mass is 256 g/mol. The average Bonchev–Trinajstić information content (AvgIpc) is 2.81. The fraction of sp³-hybridized carbons (Fsp3) is 0.750. The molecule has 6 heteroatoms. The van der Waals surface area contributed by atoms with E-state index in [9.17, 15) is 4.79 Å². The van der Waals surface area contributed by atoms with Gasteiger partial charge in [-0.15, -0.1) is 0 Å². The molecule has 0 saturated heterocycles. The van der Waals surface area contributed by atoms with Gasteiger partial charge < -0.3 is 14.0 Å². The highest BCUT2D eigenvalue weighted by Crippen LogP contribution is 2.32. The van der Waals surface area contributed by atoms with E-state index in [4.69, 9.17) is 14.0 Å². The van der Waals surface area contributed by atoms with Crippen LogP contribution >= 0.6 is 0 Å². The zero-order chi connectivity index (χ0) is 13.6. The number of aromatic nitrogens is 2. The third kappa shape index (κ3) is 2.69. The minimum atomic E-state index is -0.852. The quantitative estimate of drug-likeness (QED) is 0.693. The van der Waals surface area contributed by atoms with Crippen molar-refractivity contribution in [2.45, 2.75) is 45.6 Å². The maximum absolute atomic E-state index is 12.1. The van der Waals surface area contributed by atoms with Crippen LogP contribution in [0.25, 0.3) is 0 Å². The Morgan fingerprint density at radius 2 is 2.00 bits per heavy atom. The number of methoxy groups -OCH3 is 1. The van der Waals surface area contributed by atoms with Crippen molar-refractivity contribution in [3.8, 4) is 0 Å². The van der Waals surface area contributed by atoms with Crippen LogP contribution in [0.2, 0.25) is 0 Å². The molecule has 0 fully saturated rings.